The molecule has 24 heavy (non-hydrogen) atoms. The Morgan fingerprint density at radius 1 is 1.21 bits per heavy atom. The third kappa shape index (κ3) is 4.15. The van der Waals surface area contributed by atoms with E-state index in [9.17, 15) is 18.0 Å². The number of halogens is 5. The molecule has 0 aliphatic carbocycles. The topological polar surface area (TPSA) is 80.4 Å². The van der Waals surface area contributed by atoms with Crippen LogP contribution in [0.1, 0.15) is 21.6 Å². The number of nitrogens with one attached hydrogen (secondary N) is 1. The van der Waals surface area contributed by atoms with Crippen LogP contribution in [0, 0.1) is 0 Å². The molecule has 0 radical (unpaired) electrons. The van der Waals surface area contributed by atoms with Crippen molar-refractivity contribution in [2.24, 2.45) is 5.10 Å². The minimum Gasteiger partial charge on any atom is -0.383 e. The molecule has 1 amide bonds. The average molecular weight is 377 g/mol. The number of amides is 1. The van der Waals surface area contributed by atoms with Crippen molar-refractivity contribution in [3.8, 4) is 0 Å². The molecule has 3 N–H and O–H groups in total. The molecule has 0 aliphatic rings. The Labute approximate surface area is 144 Å². The summed E-state index contributed by atoms with van der Waals surface area (Å²) in [6, 6.07) is 6.36. The molecule has 0 fully saturated rings. The van der Waals surface area contributed by atoms with Crippen molar-refractivity contribution >= 4 is 41.1 Å². The van der Waals surface area contributed by atoms with E-state index in [1.165, 1.54) is 6.21 Å². The van der Waals surface area contributed by atoms with Gasteiger partial charge in [-0.25, -0.2) is 10.4 Å². The number of aromatic nitrogens is 1. The van der Waals surface area contributed by atoms with Crippen molar-refractivity contribution in [2.45, 2.75) is 6.18 Å². The fraction of sp³-hybridized carbons (Fsp3) is 0.0714. The van der Waals surface area contributed by atoms with Gasteiger partial charge in [0.25, 0.3) is 5.91 Å². The van der Waals surface area contributed by atoms with Gasteiger partial charge in [0.2, 0.25) is 0 Å². The van der Waals surface area contributed by atoms with Gasteiger partial charge >= 0.3 is 6.18 Å². The lowest BCUT2D eigenvalue weighted by molar-refractivity contribution is -0.141. The second-order valence-corrected chi connectivity index (χ2v) is 5.28. The predicted octanol–water partition coefficient (Wildman–Crippen LogP) is 3.75. The van der Waals surface area contributed by atoms with Gasteiger partial charge in [-0.05, 0) is 24.3 Å². The molecule has 10 heteroatoms. The van der Waals surface area contributed by atoms with E-state index in [4.69, 9.17) is 28.9 Å². The second-order valence-electron chi connectivity index (χ2n) is 4.46. The first-order chi connectivity index (χ1) is 11.2. The van der Waals surface area contributed by atoms with Crippen LogP contribution in [0.2, 0.25) is 10.0 Å². The number of carbonyl (C=O) groups excluding carboxylic acids is 1. The molecule has 126 valence electrons. The van der Waals surface area contributed by atoms with Gasteiger partial charge in [0, 0.05) is 5.56 Å². The van der Waals surface area contributed by atoms with Crippen LogP contribution in [-0.4, -0.2) is 17.1 Å². The maximum absolute atomic E-state index is 12.5. The molecule has 2 rings (SSSR count). The summed E-state index contributed by atoms with van der Waals surface area (Å²) in [6.45, 7) is 0. The standard InChI is InChI=1S/C14H9Cl2F3N4O/c15-9-2-1-3-10(16)8(9)6-21-23-13(24)7-4-5-11(14(17,18)19)22-12(7)20/h1-6H,(H2,20,22)(H,23,24)/b21-6+. The Morgan fingerprint density at radius 3 is 2.38 bits per heavy atom. The summed E-state index contributed by atoms with van der Waals surface area (Å²) in [5.74, 6) is -1.39. The number of carbonyl (C=O) groups is 1. The van der Waals surface area contributed by atoms with Gasteiger partial charge in [-0.3, -0.25) is 4.79 Å². The van der Waals surface area contributed by atoms with Crippen molar-refractivity contribution in [3.05, 3.63) is 57.2 Å². The quantitative estimate of drug-likeness (QED) is 0.632. The molecule has 5 nitrogen and oxygen atoms in total. The second kappa shape index (κ2) is 7.06. The Kier molecular flexibility index (Phi) is 5.30. The van der Waals surface area contributed by atoms with Gasteiger partial charge < -0.3 is 5.73 Å². The first-order valence-corrected chi connectivity index (χ1v) is 7.07. The minimum absolute atomic E-state index is 0.245. The summed E-state index contributed by atoms with van der Waals surface area (Å²) < 4.78 is 37.5. The summed E-state index contributed by atoms with van der Waals surface area (Å²) in [7, 11) is 0. The van der Waals surface area contributed by atoms with E-state index >= 15 is 0 Å². The van der Waals surface area contributed by atoms with Crippen molar-refractivity contribution in [2.75, 3.05) is 5.73 Å². The lowest BCUT2D eigenvalue weighted by Gasteiger charge is -2.08. The van der Waals surface area contributed by atoms with Gasteiger partial charge in [0.05, 0.1) is 21.8 Å². The van der Waals surface area contributed by atoms with Crippen LogP contribution in [-0.2, 0) is 6.18 Å². The molecule has 0 saturated heterocycles. The van der Waals surface area contributed by atoms with Gasteiger partial charge in [-0.15, -0.1) is 0 Å². The van der Waals surface area contributed by atoms with E-state index in [-0.39, 0.29) is 5.56 Å². The number of alkyl halides is 3. The van der Waals surface area contributed by atoms with Crippen molar-refractivity contribution in [1.82, 2.24) is 10.4 Å². The molecule has 1 aromatic carbocycles. The fourth-order valence-corrected chi connectivity index (χ4v) is 2.17. The Bertz CT molecular complexity index is 789. The highest BCUT2D eigenvalue weighted by molar-refractivity contribution is 6.38. The number of pyridine rings is 1. The van der Waals surface area contributed by atoms with E-state index in [0.29, 0.717) is 21.7 Å². The molecule has 0 atom stereocenters. The largest absolute Gasteiger partial charge is 0.433 e. The third-order valence-electron chi connectivity index (χ3n) is 2.82. The Morgan fingerprint density at radius 2 is 1.83 bits per heavy atom. The zero-order valence-corrected chi connectivity index (χ0v) is 13.2. The smallest absolute Gasteiger partial charge is 0.383 e. The number of hydrogen-bond acceptors (Lipinski definition) is 4. The van der Waals surface area contributed by atoms with Crippen LogP contribution in [0.3, 0.4) is 0 Å². The van der Waals surface area contributed by atoms with Crippen LogP contribution in [0.15, 0.2) is 35.4 Å². The summed E-state index contributed by atoms with van der Waals surface area (Å²) in [6.07, 6.45) is -3.45. The number of rotatable bonds is 3. The molecule has 1 heterocycles. The maximum Gasteiger partial charge on any atom is 0.433 e. The molecule has 0 saturated carbocycles. The molecule has 1 aromatic heterocycles. The predicted molar refractivity (Wildman–Crippen MR) is 85.2 cm³/mol. The molecule has 0 unspecified atom stereocenters. The van der Waals surface area contributed by atoms with E-state index in [1.807, 2.05) is 0 Å². The third-order valence-corrected chi connectivity index (χ3v) is 3.48. The van der Waals surface area contributed by atoms with Crippen LogP contribution >= 0.6 is 23.2 Å². The average Bonchev–Trinajstić information content (AvgIpc) is 2.49. The molecular formula is C14H9Cl2F3N4O. The van der Waals surface area contributed by atoms with Gasteiger partial charge in [-0.1, -0.05) is 29.3 Å². The van der Waals surface area contributed by atoms with Gasteiger partial charge in [0.15, 0.2) is 0 Å². The van der Waals surface area contributed by atoms with Crippen LogP contribution in [0.4, 0.5) is 19.0 Å². The first kappa shape index (κ1) is 18.0. The maximum atomic E-state index is 12.5. The molecule has 0 spiro atoms. The summed E-state index contributed by atoms with van der Waals surface area (Å²) in [5.41, 5.74) is 6.43. The van der Waals surface area contributed by atoms with Crippen LogP contribution in [0.5, 0.6) is 0 Å². The van der Waals surface area contributed by atoms with Gasteiger partial charge in [-0.2, -0.15) is 18.3 Å². The van der Waals surface area contributed by atoms with Crippen molar-refractivity contribution < 1.29 is 18.0 Å². The number of benzene rings is 1. The number of hydrazone groups is 1. The van der Waals surface area contributed by atoms with E-state index in [1.54, 1.807) is 18.2 Å². The van der Waals surface area contributed by atoms with Crippen LogP contribution in [0.25, 0.3) is 0 Å². The number of nitrogens with zero attached hydrogens (tertiary/aromatic N) is 2. The highest BCUT2D eigenvalue weighted by Crippen LogP contribution is 2.28. The number of anilines is 1. The minimum atomic E-state index is -4.65. The lowest BCUT2D eigenvalue weighted by Crippen LogP contribution is -2.21. The summed E-state index contributed by atoms with van der Waals surface area (Å²) >= 11 is 11.8. The van der Waals surface area contributed by atoms with E-state index in [0.717, 1.165) is 6.07 Å². The Balaban J connectivity index is 2.15. The zero-order valence-electron chi connectivity index (χ0n) is 11.7. The molecule has 0 bridgehead atoms. The van der Waals surface area contributed by atoms with E-state index in [2.05, 4.69) is 15.5 Å². The number of nitrogen functional groups attached to an aromatic ring is 1. The molecular weight excluding hydrogens is 368 g/mol. The summed E-state index contributed by atoms with van der Waals surface area (Å²) in [4.78, 5) is 15.1. The van der Waals surface area contributed by atoms with Crippen LogP contribution < -0.4 is 11.2 Å². The van der Waals surface area contributed by atoms with Gasteiger partial charge in [0.1, 0.15) is 11.5 Å². The fourth-order valence-electron chi connectivity index (χ4n) is 1.67. The SMILES string of the molecule is Nc1nc(C(F)(F)F)ccc1C(=O)N/N=C/c1c(Cl)cccc1Cl. The van der Waals surface area contributed by atoms with Crippen molar-refractivity contribution in [3.63, 3.8) is 0 Å². The highest BCUT2D eigenvalue weighted by atomic mass is 35.5. The first-order valence-electron chi connectivity index (χ1n) is 6.31. The zero-order chi connectivity index (χ0) is 17.9. The number of nitrogens with two attached hydrogens (primary N) is 1. The number of hydrogen-bond donors (Lipinski definition) is 2. The lowest BCUT2D eigenvalue weighted by atomic mass is 10.2. The normalized spacial score (nSPS) is 11.7. The molecule has 2 aromatic rings. The summed E-state index contributed by atoms with van der Waals surface area (Å²) in [5, 5.41) is 4.28. The Hall–Kier alpha value is -2.32. The monoisotopic (exact) mass is 376 g/mol. The van der Waals surface area contributed by atoms with Crippen molar-refractivity contribution in [1.29, 1.82) is 0 Å². The van der Waals surface area contributed by atoms with E-state index < -0.39 is 23.6 Å². The highest BCUT2D eigenvalue weighted by Gasteiger charge is 2.33. The molecule has 0 aliphatic heterocycles.